The van der Waals surface area contributed by atoms with Gasteiger partial charge in [-0.25, -0.2) is 0 Å². The molecule has 0 spiro atoms. The van der Waals surface area contributed by atoms with Gasteiger partial charge < -0.3 is 0 Å². The highest BCUT2D eigenvalue weighted by Gasteiger charge is 2.17. The third kappa shape index (κ3) is 1.58. The summed E-state index contributed by atoms with van der Waals surface area (Å²) in [4.78, 5) is 0. The van der Waals surface area contributed by atoms with E-state index < -0.39 is 0 Å². The molecule has 24 heavy (non-hydrogen) atoms. The number of aryl methyl sites for hydroxylation is 2. The maximum atomic E-state index is 2.41. The van der Waals surface area contributed by atoms with Crippen LogP contribution in [-0.4, -0.2) is 0 Å². The van der Waals surface area contributed by atoms with Gasteiger partial charge >= 0.3 is 0 Å². The quantitative estimate of drug-likeness (QED) is 0.248. The monoisotopic (exact) mass is 380 g/mol. The molecule has 0 aliphatic carbocycles. The van der Waals surface area contributed by atoms with Gasteiger partial charge in [-0.2, -0.15) is 0 Å². The van der Waals surface area contributed by atoms with Crippen molar-refractivity contribution >= 4 is 95.1 Å². The average Bonchev–Trinajstić information content (AvgIpc) is 3.31. The Kier molecular flexibility index (Phi) is 2.63. The van der Waals surface area contributed by atoms with E-state index in [1.807, 2.05) is 45.3 Å². The summed E-state index contributed by atoms with van der Waals surface area (Å²) in [6.45, 7) is 4.56. The Morgan fingerprint density at radius 2 is 1.04 bits per heavy atom. The lowest BCUT2D eigenvalue weighted by Crippen LogP contribution is -1.74. The molecule has 0 amide bonds. The van der Waals surface area contributed by atoms with Crippen LogP contribution in [0.25, 0.3) is 49.7 Å². The molecule has 116 valence electrons. The molecule has 0 saturated carbocycles. The van der Waals surface area contributed by atoms with Crippen LogP contribution in [0.5, 0.6) is 0 Å². The third-order valence-corrected chi connectivity index (χ3v) is 9.60. The van der Waals surface area contributed by atoms with E-state index in [0.717, 1.165) is 0 Å². The maximum absolute atomic E-state index is 2.41. The van der Waals surface area contributed by atoms with Gasteiger partial charge in [0.2, 0.25) is 0 Å². The molecule has 0 nitrogen and oxygen atoms in total. The molecular weight excluding hydrogens is 368 g/mol. The molecule has 2 aromatic carbocycles. The van der Waals surface area contributed by atoms with Crippen molar-refractivity contribution in [3.05, 3.63) is 46.2 Å². The summed E-state index contributed by atoms with van der Waals surface area (Å²) in [5, 5.41) is 10.2. The zero-order valence-corrected chi connectivity index (χ0v) is 16.4. The van der Waals surface area contributed by atoms with Crippen LogP contribution in [0.4, 0.5) is 0 Å². The van der Waals surface area contributed by atoms with Gasteiger partial charge in [-0.1, -0.05) is 0 Å². The van der Waals surface area contributed by atoms with Crippen molar-refractivity contribution in [2.45, 2.75) is 13.8 Å². The summed E-state index contributed by atoms with van der Waals surface area (Å²) in [7, 11) is 0. The van der Waals surface area contributed by atoms with Crippen molar-refractivity contribution in [3.8, 4) is 0 Å². The largest absolute Gasteiger partial charge is 0.144 e. The number of benzene rings is 2. The first kappa shape index (κ1) is 13.8. The Labute approximate surface area is 154 Å². The molecule has 6 aromatic rings. The molecule has 0 saturated heterocycles. The van der Waals surface area contributed by atoms with E-state index in [1.54, 1.807) is 0 Å². The number of hydrogen-bond acceptors (Lipinski definition) is 4. The molecule has 0 unspecified atom stereocenters. The van der Waals surface area contributed by atoms with Gasteiger partial charge in [0.05, 0.1) is 9.40 Å². The third-order valence-electron chi connectivity index (χ3n) is 5.02. The molecule has 4 aromatic heterocycles. The lowest BCUT2D eigenvalue weighted by atomic mass is 10.1. The molecule has 0 bridgehead atoms. The highest BCUT2D eigenvalue weighted by molar-refractivity contribution is 7.37. The van der Waals surface area contributed by atoms with Gasteiger partial charge in [0.1, 0.15) is 0 Å². The predicted molar refractivity (Wildman–Crippen MR) is 115 cm³/mol. The van der Waals surface area contributed by atoms with Crippen molar-refractivity contribution in [1.29, 1.82) is 0 Å². The summed E-state index contributed by atoms with van der Waals surface area (Å²) in [5.41, 5.74) is 2.89. The van der Waals surface area contributed by atoms with Gasteiger partial charge in [0, 0.05) is 29.6 Å². The zero-order chi connectivity index (χ0) is 16.0. The van der Waals surface area contributed by atoms with Crippen molar-refractivity contribution in [3.63, 3.8) is 0 Å². The van der Waals surface area contributed by atoms with Crippen LogP contribution in [0.2, 0.25) is 0 Å². The van der Waals surface area contributed by atoms with Crippen LogP contribution in [0.3, 0.4) is 0 Å². The lowest BCUT2D eigenvalue weighted by molar-refractivity contribution is 1.64. The molecule has 0 N–H and O–H groups in total. The molecule has 4 heterocycles. The summed E-state index contributed by atoms with van der Waals surface area (Å²) in [6, 6.07) is 9.35. The normalized spacial score (nSPS) is 12.6. The van der Waals surface area contributed by atoms with Crippen molar-refractivity contribution in [1.82, 2.24) is 0 Å². The lowest BCUT2D eigenvalue weighted by Gasteiger charge is -2.00. The second-order valence-electron chi connectivity index (χ2n) is 6.28. The number of thiophene rings is 4. The molecule has 4 heteroatoms. The van der Waals surface area contributed by atoms with Crippen LogP contribution in [-0.2, 0) is 0 Å². The minimum atomic E-state index is 1.41. The van der Waals surface area contributed by atoms with E-state index in [2.05, 4.69) is 48.9 Å². The molecular formula is C20H12S4. The SMILES string of the molecule is Cc1c2ccsc2cc2c1sc1c3cc4sccc4c(C)c3sc21. The smallest absolute Gasteiger partial charge is 0.0542 e. The summed E-state index contributed by atoms with van der Waals surface area (Å²) in [6.07, 6.45) is 0. The fourth-order valence-corrected chi connectivity index (χ4v) is 8.35. The fourth-order valence-electron chi connectivity index (χ4n) is 3.78. The van der Waals surface area contributed by atoms with Crippen LogP contribution < -0.4 is 0 Å². The van der Waals surface area contributed by atoms with E-state index in [9.17, 15) is 0 Å². The minimum absolute atomic E-state index is 1.41. The summed E-state index contributed by atoms with van der Waals surface area (Å²) in [5.74, 6) is 0. The second kappa shape index (κ2) is 4.58. The number of hydrogen-bond donors (Lipinski definition) is 0. The zero-order valence-electron chi connectivity index (χ0n) is 13.1. The number of rotatable bonds is 0. The first-order valence-corrected chi connectivity index (χ1v) is 11.2. The maximum Gasteiger partial charge on any atom is 0.0542 e. The van der Waals surface area contributed by atoms with E-state index >= 15 is 0 Å². The number of fused-ring (bicyclic) bond motifs is 7. The van der Waals surface area contributed by atoms with Crippen LogP contribution in [0, 0.1) is 13.8 Å². The molecule has 0 fully saturated rings. The summed E-state index contributed by atoms with van der Waals surface area (Å²) >= 11 is 7.67. The van der Waals surface area contributed by atoms with Crippen LogP contribution in [0.15, 0.2) is 35.0 Å². The average molecular weight is 381 g/mol. The van der Waals surface area contributed by atoms with Crippen molar-refractivity contribution < 1.29 is 0 Å². The second-order valence-corrected chi connectivity index (χ2v) is 10.2. The van der Waals surface area contributed by atoms with Crippen LogP contribution in [0.1, 0.15) is 11.1 Å². The molecule has 0 aliphatic heterocycles. The van der Waals surface area contributed by atoms with Gasteiger partial charge in [0.15, 0.2) is 0 Å². The van der Waals surface area contributed by atoms with Crippen molar-refractivity contribution in [2.75, 3.05) is 0 Å². The Balaban J connectivity index is 1.89. The highest BCUT2D eigenvalue weighted by Crippen LogP contribution is 2.49. The van der Waals surface area contributed by atoms with Crippen molar-refractivity contribution in [2.24, 2.45) is 0 Å². The van der Waals surface area contributed by atoms with Gasteiger partial charge in [-0.3, -0.25) is 0 Å². The standard InChI is InChI=1S/C20H12S4/c1-9-11-3-5-21-15(11)7-13-17(9)23-20-14-8-16-12(4-6-22-16)10(2)18(14)24-19(13)20/h3-8H,1-2H3. The Morgan fingerprint density at radius 1 is 0.583 bits per heavy atom. The Bertz CT molecular complexity index is 1310. The van der Waals surface area contributed by atoms with E-state index in [1.165, 1.54) is 60.9 Å². The van der Waals surface area contributed by atoms with E-state index in [-0.39, 0.29) is 0 Å². The molecule has 0 aliphatic rings. The van der Waals surface area contributed by atoms with Crippen LogP contribution >= 0.6 is 45.3 Å². The molecule has 6 rings (SSSR count). The van der Waals surface area contributed by atoms with Gasteiger partial charge in [-0.05, 0) is 70.8 Å². The first-order chi connectivity index (χ1) is 11.7. The molecule has 0 radical (unpaired) electrons. The highest BCUT2D eigenvalue weighted by atomic mass is 32.1. The predicted octanol–water partition coefficient (Wildman–Crippen LogP) is 8.32. The Morgan fingerprint density at radius 3 is 1.50 bits per heavy atom. The van der Waals surface area contributed by atoms with Gasteiger partial charge in [-0.15, -0.1) is 45.3 Å². The molecule has 0 atom stereocenters. The van der Waals surface area contributed by atoms with E-state index in [0.29, 0.717) is 0 Å². The van der Waals surface area contributed by atoms with Gasteiger partial charge in [0.25, 0.3) is 0 Å². The Hall–Kier alpha value is -1.46. The summed E-state index contributed by atoms with van der Waals surface area (Å²) < 4.78 is 8.71. The topological polar surface area (TPSA) is 0 Å². The first-order valence-electron chi connectivity index (χ1n) is 7.84. The minimum Gasteiger partial charge on any atom is -0.144 e. The van der Waals surface area contributed by atoms with E-state index in [4.69, 9.17) is 0 Å². The fraction of sp³-hybridized carbons (Fsp3) is 0.100.